The fraction of sp³-hybridized carbons (Fsp3) is 0.100. The zero-order chi connectivity index (χ0) is 19.1. The Hall–Kier alpha value is -3.25. The van der Waals surface area contributed by atoms with Crippen LogP contribution in [0.15, 0.2) is 47.0 Å². The maximum absolute atomic E-state index is 12.8. The lowest BCUT2D eigenvalue weighted by Crippen LogP contribution is -1.99. The van der Waals surface area contributed by atoms with Gasteiger partial charge in [-0.2, -0.15) is 0 Å². The number of methoxy groups -OCH3 is 1. The first-order valence-electron chi connectivity index (χ1n) is 8.14. The van der Waals surface area contributed by atoms with Crippen LogP contribution in [0.3, 0.4) is 0 Å². The van der Waals surface area contributed by atoms with Crippen molar-refractivity contribution >= 4 is 28.3 Å². The molecule has 0 amide bonds. The molecule has 4 aromatic rings. The maximum Gasteiger partial charge on any atom is 0.237 e. The Balaban J connectivity index is 1.88. The largest absolute Gasteiger partial charge is 0.497 e. The number of nitrogens with one attached hydrogen (secondary N) is 1. The predicted molar refractivity (Wildman–Crippen MR) is 102 cm³/mol. The molecule has 6 nitrogen and oxygen atoms in total. The third-order valence-electron chi connectivity index (χ3n) is 4.35. The van der Waals surface area contributed by atoms with Gasteiger partial charge in [-0.15, -0.1) is 0 Å². The highest BCUT2D eigenvalue weighted by Crippen LogP contribution is 2.37. The van der Waals surface area contributed by atoms with Gasteiger partial charge in [0, 0.05) is 17.0 Å². The number of hydrogen-bond acceptors (Lipinski definition) is 5. The molecule has 2 heterocycles. The lowest BCUT2D eigenvalue weighted by molar-refractivity contribution is 0.0999. The first kappa shape index (κ1) is 17.2. The van der Waals surface area contributed by atoms with E-state index < -0.39 is 5.78 Å². The summed E-state index contributed by atoms with van der Waals surface area (Å²) in [6.07, 6.45) is 0. The Kier molecular flexibility index (Phi) is 4.12. The zero-order valence-electron chi connectivity index (χ0n) is 14.5. The molecule has 7 heteroatoms. The second-order valence-corrected chi connectivity index (χ2v) is 6.52. The van der Waals surface area contributed by atoms with Crippen LogP contribution in [0.5, 0.6) is 11.6 Å². The van der Waals surface area contributed by atoms with Crippen molar-refractivity contribution in [1.82, 2.24) is 10.1 Å². The van der Waals surface area contributed by atoms with Crippen molar-refractivity contribution in [1.29, 1.82) is 0 Å². The van der Waals surface area contributed by atoms with E-state index in [2.05, 4.69) is 10.1 Å². The van der Waals surface area contributed by atoms with Crippen LogP contribution in [-0.2, 0) is 0 Å². The molecule has 0 saturated heterocycles. The van der Waals surface area contributed by atoms with Crippen LogP contribution in [0.2, 0.25) is 5.02 Å². The standard InChI is InChI=1S/C20H15ClN2O4/c1-10-7-17(27-23-10)19(24)18-14-8-13(11-3-5-12(26-2)6-4-11)15(21)9-16(14)22-20(18)25/h3-9,22,25H,1-2H3. The number of aromatic nitrogens is 2. The minimum Gasteiger partial charge on any atom is -0.497 e. The number of carbonyl (C=O) groups is 1. The van der Waals surface area contributed by atoms with Crippen molar-refractivity contribution in [3.63, 3.8) is 0 Å². The van der Waals surface area contributed by atoms with Gasteiger partial charge in [0.05, 0.1) is 28.9 Å². The summed E-state index contributed by atoms with van der Waals surface area (Å²) in [7, 11) is 1.60. The van der Waals surface area contributed by atoms with Crippen LogP contribution in [-0.4, -0.2) is 28.1 Å². The fourth-order valence-corrected chi connectivity index (χ4v) is 3.29. The normalized spacial score (nSPS) is 11.1. The number of ether oxygens (including phenoxy) is 1. The van der Waals surface area contributed by atoms with Gasteiger partial charge in [-0.1, -0.05) is 28.9 Å². The third kappa shape index (κ3) is 2.94. The van der Waals surface area contributed by atoms with Crippen LogP contribution in [0.4, 0.5) is 0 Å². The molecule has 2 N–H and O–H groups in total. The van der Waals surface area contributed by atoms with E-state index in [4.69, 9.17) is 20.9 Å². The second-order valence-electron chi connectivity index (χ2n) is 6.12. The third-order valence-corrected chi connectivity index (χ3v) is 4.66. The topological polar surface area (TPSA) is 88.3 Å². The van der Waals surface area contributed by atoms with Crippen LogP contribution < -0.4 is 4.74 Å². The molecule has 2 aromatic carbocycles. The number of aromatic amines is 1. The highest BCUT2D eigenvalue weighted by molar-refractivity contribution is 6.34. The van der Waals surface area contributed by atoms with Crippen LogP contribution >= 0.6 is 11.6 Å². The number of aryl methyl sites for hydroxylation is 1. The molecule has 0 radical (unpaired) electrons. The van der Waals surface area contributed by atoms with E-state index in [9.17, 15) is 9.90 Å². The minimum absolute atomic E-state index is 0.0599. The summed E-state index contributed by atoms with van der Waals surface area (Å²) in [5.41, 5.74) is 2.84. The molecule has 4 rings (SSSR count). The molecule has 0 fully saturated rings. The van der Waals surface area contributed by atoms with Crippen LogP contribution in [0.25, 0.3) is 22.0 Å². The van der Waals surface area contributed by atoms with Crippen molar-refractivity contribution < 1.29 is 19.2 Å². The Morgan fingerprint density at radius 3 is 2.59 bits per heavy atom. The van der Waals surface area contributed by atoms with E-state index in [1.54, 1.807) is 26.2 Å². The number of halogens is 1. The van der Waals surface area contributed by atoms with E-state index in [1.165, 1.54) is 6.07 Å². The van der Waals surface area contributed by atoms with E-state index in [1.807, 2.05) is 24.3 Å². The molecule has 0 atom stereocenters. The highest BCUT2D eigenvalue weighted by atomic mass is 35.5. The molecule has 0 bridgehead atoms. The van der Waals surface area contributed by atoms with Crippen molar-refractivity contribution in [2.45, 2.75) is 6.92 Å². The van der Waals surface area contributed by atoms with Crippen molar-refractivity contribution in [2.24, 2.45) is 0 Å². The fourth-order valence-electron chi connectivity index (χ4n) is 3.02. The molecule has 27 heavy (non-hydrogen) atoms. The van der Waals surface area contributed by atoms with Gasteiger partial charge in [0.2, 0.25) is 17.4 Å². The molecule has 0 spiro atoms. The Bertz CT molecular complexity index is 1160. The Morgan fingerprint density at radius 1 is 1.22 bits per heavy atom. The van der Waals surface area contributed by atoms with Crippen LogP contribution in [0, 0.1) is 6.92 Å². The number of aromatic hydroxyl groups is 1. The van der Waals surface area contributed by atoms with Gasteiger partial charge in [0.25, 0.3) is 0 Å². The van der Waals surface area contributed by atoms with Gasteiger partial charge < -0.3 is 19.4 Å². The number of benzene rings is 2. The van der Waals surface area contributed by atoms with Gasteiger partial charge in [-0.25, -0.2) is 0 Å². The summed E-state index contributed by atoms with van der Waals surface area (Å²) >= 11 is 6.43. The SMILES string of the molecule is COc1ccc(-c2cc3c(C(=O)c4cc(C)no4)c(O)[nH]c3cc2Cl)cc1. The van der Waals surface area contributed by atoms with Gasteiger partial charge >= 0.3 is 0 Å². The van der Waals surface area contributed by atoms with E-state index in [0.717, 1.165) is 16.9 Å². The summed E-state index contributed by atoms with van der Waals surface area (Å²) in [5, 5.41) is 15.1. The molecule has 136 valence electrons. The molecular weight excluding hydrogens is 368 g/mol. The van der Waals surface area contributed by atoms with Gasteiger partial charge in [-0.05, 0) is 36.8 Å². The lowest BCUT2D eigenvalue weighted by Gasteiger charge is -2.07. The van der Waals surface area contributed by atoms with Gasteiger partial charge in [0.15, 0.2) is 0 Å². The number of rotatable bonds is 4. The number of fused-ring (bicyclic) bond motifs is 1. The number of nitrogens with zero attached hydrogens (tertiary/aromatic N) is 1. The van der Waals surface area contributed by atoms with Gasteiger partial charge in [-0.3, -0.25) is 4.79 Å². The van der Waals surface area contributed by atoms with Crippen molar-refractivity contribution in [3.05, 3.63) is 64.5 Å². The average molecular weight is 383 g/mol. The van der Waals surface area contributed by atoms with E-state index in [-0.39, 0.29) is 17.2 Å². The summed E-state index contributed by atoms with van der Waals surface area (Å²) in [6.45, 7) is 1.72. The number of H-pyrrole nitrogens is 1. The summed E-state index contributed by atoms with van der Waals surface area (Å²) < 4.78 is 10.2. The molecule has 2 aromatic heterocycles. The molecular formula is C20H15ClN2O4. The molecule has 0 aliphatic rings. The average Bonchev–Trinajstić information content (AvgIpc) is 3.23. The van der Waals surface area contributed by atoms with Crippen LogP contribution in [0.1, 0.15) is 21.8 Å². The summed E-state index contributed by atoms with van der Waals surface area (Å²) in [5.74, 6) is 0.0887. The van der Waals surface area contributed by atoms with Crippen molar-refractivity contribution in [3.8, 4) is 22.8 Å². The number of hydrogen-bond donors (Lipinski definition) is 2. The minimum atomic E-state index is -0.456. The Morgan fingerprint density at radius 2 is 1.96 bits per heavy atom. The number of ketones is 1. The summed E-state index contributed by atoms with van der Waals surface area (Å²) in [6, 6.07) is 12.4. The first-order valence-corrected chi connectivity index (χ1v) is 8.52. The van der Waals surface area contributed by atoms with E-state index in [0.29, 0.717) is 21.6 Å². The smallest absolute Gasteiger partial charge is 0.237 e. The van der Waals surface area contributed by atoms with Crippen molar-refractivity contribution in [2.75, 3.05) is 7.11 Å². The monoisotopic (exact) mass is 382 g/mol. The first-order chi connectivity index (χ1) is 13.0. The van der Waals surface area contributed by atoms with Gasteiger partial charge in [0.1, 0.15) is 5.75 Å². The maximum atomic E-state index is 12.8. The molecule has 0 aliphatic heterocycles. The molecule has 0 unspecified atom stereocenters. The Labute approximate surface area is 159 Å². The second kappa shape index (κ2) is 6.48. The lowest BCUT2D eigenvalue weighted by atomic mass is 10.0. The quantitative estimate of drug-likeness (QED) is 0.498. The zero-order valence-corrected chi connectivity index (χ0v) is 15.3. The summed E-state index contributed by atoms with van der Waals surface area (Å²) in [4.78, 5) is 15.6. The highest BCUT2D eigenvalue weighted by Gasteiger charge is 2.24. The molecule has 0 saturated carbocycles. The predicted octanol–water partition coefficient (Wildman–Crippen LogP) is 4.73. The number of carbonyl (C=O) groups excluding carboxylic acids is 1. The molecule has 0 aliphatic carbocycles. The van der Waals surface area contributed by atoms with E-state index >= 15 is 0 Å².